The molecule has 2 aliphatic heterocycles. The van der Waals surface area contributed by atoms with Crippen LogP contribution >= 0.6 is 11.6 Å². The van der Waals surface area contributed by atoms with Gasteiger partial charge >= 0.3 is 6.03 Å². The van der Waals surface area contributed by atoms with E-state index in [-0.39, 0.29) is 18.7 Å². The number of hydrogen-bond acceptors (Lipinski definition) is 3. The number of urea groups is 1. The SMILES string of the molecule is O=C(NC1CCN(c2cccc(Cl)c2)C1)N1CCC(CO)CC1. The number of likely N-dealkylation sites (tertiary alicyclic amines) is 1. The second kappa shape index (κ2) is 7.41. The molecule has 0 aromatic heterocycles. The standard InChI is InChI=1S/C17H24ClN3O2/c18-14-2-1-3-16(10-14)21-9-6-15(11-21)19-17(23)20-7-4-13(12-22)5-8-20/h1-3,10,13,15,22H,4-9,11-12H2,(H,19,23). The Morgan fingerprint density at radius 2 is 2.04 bits per heavy atom. The minimum absolute atomic E-state index is 0.0272. The molecule has 2 amide bonds. The van der Waals surface area contributed by atoms with Gasteiger partial charge in [-0.05, 0) is 43.4 Å². The van der Waals surface area contributed by atoms with E-state index in [0.29, 0.717) is 5.92 Å². The predicted molar refractivity (Wildman–Crippen MR) is 92.0 cm³/mol. The topological polar surface area (TPSA) is 55.8 Å². The summed E-state index contributed by atoms with van der Waals surface area (Å²) < 4.78 is 0. The maximum Gasteiger partial charge on any atom is 0.317 e. The minimum Gasteiger partial charge on any atom is -0.396 e. The second-order valence-corrected chi connectivity index (χ2v) is 6.91. The van der Waals surface area contributed by atoms with Crippen LogP contribution in [0.5, 0.6) is 0 Å². The molecule has 2 aliphatic rings. The van der Waals surface area contributed by atoms with Gasteiger partial charge < -0.3 is 20.2 Å². The number of benzene rings is 1. The van der Waals surface area contributed by atoms with Gasteiger partial charge in [0.15, 0.2) is 0 Å². The van der Waals surface area contributed by atoms with Crippen LogP contribution in [0.15, 0.2) is 24.3 Å². The van der Waals surface area contributed by atoms with E-state index < -0.39 is 0 Å². The number of carbonyl (C=O) groups excluding carboxylic acids is 1. The average molecular weight is 338 g/mol. The number of halogens is 1. The van der Waals surface area contributed by atoms with Crippen LogP contribution in [0.25, 0.3) is 0 Å². The van der Waals surface area contributed by atoms with Crippen LogP contribution in [0.2, 0.25) is 5.02 Å². The normalized spacial score (nSPS) is 22.4. The molecule has 6 heteroatoms. The van der Waals surface area contributed by atoms with E-state index in [1.54, 1.807) is 0 Å². The lowest BCUT2D eigenvalue weighted by Crippen LogP contribution is -2.48. The van der Waals surface area contributed by atoms with Crippen molar-refractivity contribution in [3.05, 3.63) is 29.3 Å². The first-order chi connectivity index (χ1) is 11.2. The molecule has 2 heterocycles. The highest BCUT2D eigenvalue weighted by Gasteiger charge is 2.27. The molecule has 3 rings (SSSR count). The lowest BCUT2D eigenvalue weighted by atomic mass is 9.98. The summed E-state index contributed by atoms with van der Waals surface area (Å²) >= 11 is 6.05. The molecular weight excluding hydrogens is 314 g/mol. The van der Waals surface area contributed by atoms with Crippen LogP contribution in [0.4, 0.5) is 10.5 Å². The lowest BCUT2D eigenvalue weighted by molar-refractivity contribution is 0.136. The molecule has 0 radical (unpaired) electrons. The summed E-state index contributed by atoms with van der Waals surface area (Å²) in [5.41, 5.74) is 1.11. The highest BCUT2D eigenvalue weighted by Crippen LogP contribution is 2.24. The van der Waals surface area contributed by atoms with Gasteiger partial charge in [0.2, 0.25) is 0 Å². The highest BCUT2D eigenvalue weighted by molar-refractivity contribution is 6.30. The van der Waals surface area contributed by atoms with Crippen molar-refractivity contribution in [1.29, 1.82) is 0 Å². The highest BCUT2D eigenvalue weighted by atomic mass is 35.5. The van der Waals surface area contributed by atoms with Crippen molar-refractivity contribution in [2.24, 2.45) is 5.92 Å². The van der Waals surface area contributed by atoms with Crippen LogP contribution in [0, 0.1) is 5.92 Å². The van der Waals surface area contributed by atoms with Crippen molar-refractivity contribution < 1.29 is 9.90 Å². The molecule has 0 spiro atoms. The fourth-order valence-electron chi connectivity index (χ4n) is 3.37. The van der Waals surface area contributed by atoms with Crippen LogP contribution < -0.4 is 10.2 Å². The summed E-state index contributed by atoms with van der Waals surface area (Å²) in [5.74, 6) is 0.351. The Hall–Kier alpha value is -1.46. The first-order valence-electron chi connectivity index (χ1n) is 8.32. The molecule has 23 heavy (non-hydrogen) atoms. The van der Waals surface area contributed by atoms with Crippen LogP contribution in [-0.2, 0) is 0 Å². The van der Waals surface area contributed by atoms with E-state index in [0.717, 1.165) is 56.2 Å². The van der Waals surface area contributed by atoms with Crippen molar-refractivity contribution in [2.75, 3.05) is 37.7 Å². The third kappa shape index (κ3) is 4.09. The number of nitrogens with one attached hydrogen (secondary N) is 1. The summed E-state index contributed by atoms with van der Waals surface area (Å²) in [4.78, 5) is 16.5. The number of rotatable bonds is 3. The van der Waals surface area contributed by atoms with Crippen molar-refractivity contribution in [2.45, 2.75) is 25.3 Å². The van der Waals surface area contributed by atoms with Gasteiger partial charge in [-0.1, -0.05) is 17.7 Å². The fourth-order valence-corrected chi connectivity index (χ4v) is 3.55. The Balaban J connectivity index is 1.49. The molecule has 0 bridgehead atoms. The summed E-state index contributed by atoms with van der Waals surface area (Å²) in [5, 5.41) is 13.1. The smallest absolute Gasteiger partial charge is 0.317 e. The molecule has 2 fully saturated rings. The van der Waals surface area contributed by atoms with E-state index in [1.165, 1.54) is 0 Å². The molecule has 1 atom stereocenters. The Kier molecular flexibility index (Phi) is 5.28. The summed E-state index contributed by atoms with van der Waals surface area (Å²) in [6.45, 7) is 3.45. The molecule has 0 aliphatic carbocycles. The maximum atomic E-state index is 12.4. The van der Waals surface area contributed by atoms with Gasteiger partial charge in [0.25, 0.3) is 0 Å². The third-order valence-electron chi connectivity index (χ3n) is 4.85. The maximum absolute atomic E-state index is 12.4. The van der Waals surface area contributed by atoms with Gasteiger partial charge in [-0.25, -0.2) is 4.79 Å². The number of hydrogen-bond donors (Lipinski definition) is 2. The van der Waals surface area contributed by atoms with E-state index in [2.05, 4.69) is 16.3 Å². The first kappa shape index (κ1) is 16.4. The summed E-state index contributed by atoms with van der Waals surface area (Å²) in [7, 11) is 0. The van der Waals surface area contributed by atoms with E-state index in [1.807, 2.05) is 23.1 Å². The van der Waals surface area contributed by atoms with Crippen LogP contribution in [-0.4, -0.2) is 54.9 Å². The average Bonchev–Trinajstić information content (AvgIpc) is 3.03. The van der Waals surface area contributed by atoms with Gasteiger partial charge in [-0.2, -0.15) is 0 Å². The molecule has 126 valence electrons. The van der Waals surface area contributed by atoms with E-state index in [4.69, 9.17) is 16.7 Å². The number of nitrogens with zero attached hydrogens (tertiary/aromatic N) is 2. The number of piperidine rings is 1. The Morgan fingerprint density at radius 3 is 2.74 bits per heavy atom. The molecule has 0 saturated carbocycles. The Bertz CT molecular complexity index is 546. The zero-order valence-electron chi connectivity index (χ0n) is 13.2. The molecule has 1 aromatic carbocycles. The monoisotopic (exact) mass is 337 g/mol. The lowest BCUT2D eigenvalue weighted by Gasteiger charge is -2.32. The Labute approximate surface area is 142 Å². The van der Waals surface area contributed by atoms with Crippen molar-refractivity contribution in [3.8, 4) is 0 Å². The van der Waals surface area contributed by atoms with Crippen molar-refractivity contribution in [1.82, 2.24) is 10.2 Å². The quantitative estimate of drug-likeness (QED) is 0.890. The largest absolute Gasteiger partial charge is 0.396 e. The number of anilines is 1. The van der Waals surface area contributed by atoms with Crippen molar-refractivity contribution >= 4 is 23.3 Å². The van der Waals surface area contributed by atoms with Crippen molar-refractivity contribution in [3.63, 3.8) is 0 Å². The van der Waals surface area contributed by atoms with Gasteiger partial charge in [-0.3, -0.25) is 0 Å². The van der Waals surface area contributed by atoms with Crippen LogP contribution in [0.3, 0.4) is 0 Å². The third-order valence-corrected chi connectivity index (χ3v) is 5.08. The molecule has 5 nitrogen and oxygen atoms in total. The second-order valence-electron chi connectivity index (χ2n) is 6.47. The number of carbonyl (C=O) groups is 1. The van der Waals surface area contributed by atoms with Gasteiger partial charge in [0.05, 0.1) is 0 Å². The van der Waals surface area contributed by atoms with Gasteiger partial charge in [0.1, 0.15) is 0 Å². The van der Waals surface area contributed by atoms with Gasteiger partial charge in [0, 0.05) is 49.5 Å². The van der Waals surface area contributed by atoms with Crippen LogP contribution in [0.1, 0.15) is 19.3 Å². The molecule has 2 N–H and O–H groups in total. The van der Waals surface area contributed by atoms with Gasteiger partial charge in [-0.15, -0.1) is 0 Å². The number of aliphatic hydroxyl groups excluding tert-OH is 1. The first-order valence-corrected chi connectivity index (χ1v) is 8.70. The predicted octanol–water partition coefficient (Wildman–Crippen LogP) is 2.33. The summed E-state index contributed by atoms with van der Waals surface area (Å²) in [6.07, 6.45) is 2.73. The zero-order valence-corrected chi connectivity index (χ0v) is 14.0. The summed E-state index contributed by atoms with van der Waals surface area (Å²) in [6, 6.07) is 8.04. The number of aliphatic hydroxyl groups is 1. The molecule has 1 aromatic rings. The van der Waals surface area contributed by atoms with E-state index in [9.17, 15) is 4.79 Å². The fraction of sp³-hybridized carbons (Fsp3) is 0.588. The molecule has 1 unspecified atom stereocenters. The molecule has 2 saturated heterocycles. The minimum atomic E-state index is 0.0272. The molecular formula is C17H24ClN3O2. The zero-order chi connectivity index (χ0) is 16.2. The Morgan fingerprint density at radius 1 is 1.26 bits per heavy atom. The number of amides is 2. The van der Waals surface area contributed by atoms with E-state index >= 15 is 0 Å².